The van der Waals surface area contributed by atoms with Crippen molar-refractivity contribution in [2.45, 2.75) is 44.9 Å². The van der Waals surface area contributed by atoms with Crippen LogP contribution in [0.25, 0.3) is 0 Å². The van der Waals surface area contributed by atoms with Crippen molar-refractivity contribution >= 4 is 29.0 Å². The number of amides is 1. The minimum Gasteiger partial charge on any atom is -0.347 e. The number of rotatable bonds is 8. The molecule has 0 saturated carbocycles. The lowest BCUT2D eigenvalue weighted by molar-refractivity contribution is -0.119. The van der Waals surface area contributed by atoms with Crippen molar-refractivity contribution in [1.82, 2.24) is 14.9 Å². The van der Waals surface area contributed by atoms with Crippen LogP contribution in [-0.2, 0) is 11.3 Å². The molecular weight excluding hydrogens is 314 g/mol. The average Bonchev–Trinajstić information content (AvgIpc) is 3.14. The molecule has 1 unspecified atom stereocenters. The third-order valence-electron chi connectivity index (χ3n) is 3.31. The number of aryl methyl sites for hydroxylation is 1. The molecule has 0 saturated heterocycles. The average molecular weight is 338 g/mol. The smallest absolute Gasteiger partial charge is 0.230 e. The Hall–Kier alpha value is -1.27. The van der Waals surface area contributed by atoms with Crippen molar-refractivity contribution in [3.8, 4) is 0 Å². The summed E-state index contributed by atoms with van der Waals surface area (Å²) in [4.78, 5) is 17.8. The first kappa shape index (κ1) is 17.1. The summed E-state index contributed by atoms with van der Waals surface area (Å²) >= 11 is 3.18. The molecule has 6 heteroatoms. The Morgan fingerprint density at radius 2 is 2.32 bits per heavy atom. The lowest BCUT2D eigenvalue weighted by Crippen LogP contribution is -2.32. The van der Waals surface area contributed by atoms with Gasteiger partial charge in [-0.15, -0.1) is 11.3 Å². The second kappa shape index (κ2) is 8.39. The van der Waals surface area contributed by atoms with Crippen molar-refractivity contribution in [1.29, 1.82) is 0 Å². The maximum absolute atomic E-state index is 12.3. The number of nitrogens with zero attached hydrogens (tertiary/aromatic N) is 2. The Morgan fingerprint density at radius 1 is 1.50 bits per heavy atom. The fraction of sp³-hybridized carbons (Fsp3) is 0.500. The first-order chi connectivity index (χ1) is 10.6. The molecule has 0 aromatic carbocycles. The van der Waals surface area contributed by atoms with Crippen LogP contribution in [0.2, 0.25) is 0 Å². The van der Waals surface area contributed by atoms with Gasteiger partial charge in [0, 0.05) is 23.8 Å². The topological polar surface area (TPSA) is 46.9 Å². The van der Waals surface area contributed by atoms with Crippen molar-refractivity contribution < 1.29 is 4.79 Å². The summed E-state index contributed by atoms with van der Waals surface area (Å²) in [6.07, 6.45) is 4.81. The highest BCUT2D eigenvalue weighted by Crippen LogP contribution is 2.26. The van der Waals surface area contributed by atoms with Crippen molar-refractivity contribution in [2.24, 2.45) is 5.92 Å². The van der Waals surface area contributed by atoms with Gasteiger partial charge in [0.1, 0.15) is 0 Å². The van der Waals surface area contributed by atoms with Gasteiger partial charge >= 0.3 is 0 Å². The monoisotopic (exact) mass is 337 g/mol. The summed E-state index contributed by atoms with van der Waals surface area (Å²) in [6, 6.07) is 4.19. The molecule has 1 atom stereocenters. The van der Waals surface area contributed by atoms with E-state index < -0.39 is 0 Å². The predicted octanol–water partition coefficient (Wildman–Crippen LogP) is 3.96. The van der Waals surface area contributed by atoms with Gasteiger partial charge in [0.25, 0.3) is 0 Å². The summed E-state index contributed by atoms with van der Waals surface area (Å²) < 4.78 is 2.09. The van der Waals surface area contributed by atoms with Crippen molar-refractivity contribution in [3.63, 3.8) is 0 Å². The molecule has 0 fully saturated rings. The summed E-state index contributed by atoms with van der Waals surface area (Å²) in [5.41, 5.74) is 0. The van der Waals surface area contributed by atoms with Crippen LogP contribution in [0.3, 0.4) is 0 Å². The van der Waals surface area contributed by atoms with Crippen LogP contribution in [0.4, 0.5) is 0 Å². The van der Waals surface area contributed by atoms with Gasteiger partial charge in [-0.25, -0.2) is 4.98 Å². The normalized spacial score (nSPS) is 12.5. The highest BCUT2D eigenvalue weighted by molar-refractivity contribution is 7.99. The minimum absolute atomic E-state index is 0.0585. The van der Waals surface area contributed by atoms with E-state index in [-0.39, 0.29) is 11.9 Å². The van der Waals surface area contributed by atoms with E-state index in [0.29, 0.717) is 11.7 Å². The molecule has 120 valence electrons. The highest BCUT2D eigenvalue weighted by Gasteiger charge is 2.19. The maximum Gasteiger partial charge on any atom is 0.230 e. The SMILES string of the molecule is CCCn1ccnc1SCC(=O)NC(c1cccs1)C(C)C. The van der Waals surface area contributed by atoms with Gasteiger partial charge in [-0.2, -0.15) is 0 Å². The van der Waals surface area contributed by atoms with Gasteiger partial charge in [0.05, 0.1) is 11.8 Å². The third kappa shape index (κ3) is 4.61. The van der Waals surface area contributed by atoms with Crippen LogP contribution in [0.1, 0.15) is 38.1 Å². The first-order valence-corrected chi connectivity index (χ1v) is 9.45. The Morgan fingerprint density at radius 3 is 2.95 bits per heavy atom. The lowest BCUT2D eigenvalue weighted by Gasteiger charge is -2.21. The van der Waals surface area contributed by atoms with Gasteiger partial charge in [-0.1, -0.05) is 38.6 Å². The van der Waals surface area contributed by atoms with Gasteiger partial charge in [-0.05, 0) is 23.8 Å². The van der Waals surface area contributed by atoms with E-state index in [1.165, 1.54) is 16.6 Å². The number of nitrogens with one attached hydrogen (secondary N) is 1. The van der Waals surface area contributed by atoms with Crippen LogP contribution in [0, 0.1) is 5.92 Å². The fourth-order valence-corrected chi connectivity index (χ4v) is 3.97. The highest BCUT2D eigenvalue weighted by atomic mass is 32.2. The second-order valence-electron chi connectivity index (χ2n) is 5.50. The molecule has 0 spiro atoms. The van der Waals surface area contributed by atoms with E-state index in [0.717, 1.165) is 18.1 Å². The Labute approximate surface area is 140 Å². The quantitative estimate of drug-likeness (QED) is 0.742. The van der Waals surface area contributed by atoms with Crippen molar-refractivity contribution in [2.75, 3.05) is 5.75 Å². The molecule has 0 aliphatic rings. The van der Waals surface area contributed by atoms with Crippen LogP contribution < -0.4 is 5.32 Å². The molecule has 2 rings (SSSR count). The standard InChI is InChI=1S/C16H23N3OS2/c1-4-8-19-9-7-17-16(19)22-11-14(20)18-15(12(2)3)13-6-5-10-21-13/h5-7,9-10,12,15H,4,8,11H2,1-3H3,(H,18,20). The Balaban J connectivity index is 1.90. The van der Waals surface area contributed by atoms with E-state index in [1.807, 2.05) is 17.6 Å². The van der Waals surface area contributed by atoms with E-state index in [2.05, 4.69) is 41.7 Å². The molecule has 0 bridgehead atoms. The summed E-state index contributed by atoms with van der Waals surface area (Å²) in [5.74, 6) is 0.827. The first-order valence-electron chi connectivity index (χ1n) is 7.58. The molecule has 1 amide bonds. The molecule has 4 nitrogen and oxygen atoms in total. The zero-order valence-electron chi connectivity index (χ0n) is 13.3. The molecule has 0 aliphatic heterocycles. The number of carbonyl (C=O) groups is 1. The Bertz CT molecular complexity index is 578. The van der Waals surface area contributed by atoms with Crippen LogP contribution in [-0.4, -0.2) is 21.2 Å². The fourth-order valence-electron chi connectivity index (χ4n) is 2.23. The molecule has 2 aromatic heterocycles. The number of hydrogen-bond acceptors (Lipinski definition) is 4. The second-order valence-corrected chi connectivity index (χ2v) is 7.42. The van der Waals surface area contributed by atoms with E-state index in [9.17, 15) is 4.79 Å². The maximum atomic E-state index is 12.3. The molecule has 2 aromatic rings. The predicted molar refractivity (Wildman–Crippen MR) is 93.3 cm³/mol. The van der Waals surface area contributed by atoms with Crippen molar-refractivity contribution in [3.05, 3.63) is 34.8 Å². The number of carbonyl (C=O) groups excluding carboxylic acids is 1. The number of thioether (sulfide) groups is 1. The molecule has 1 N–H and O–H groups in total. The summed E-state index contributed by atoms with van der Waals surface area (Å²) in [7, 11) is 0. The third-order valence-corrected chi connectivity index (χ3v) is 5.27. The van der Waals surface area contributed by atoms with Crippen LogP contribution in [0.5, 0.6) is 0 Å². The number of imidazole rings is 1. The largest absolute Gasteiger partial charge is 0.347 e. The summed E-state index contributed by atoms with van der Waals surface area (Å²) in [6.45, 7) is 7.33. The number of hydrogen-bond donors (Lipinski definition) is 1. The molecule has 0 radical (unpaired) electrons. The van der Waals surface area contributed by atoms with Crippen LogP contribution in [0.15, 0.2) is 35.1 Å². The van der Waals surface area contributed by atoms with Gasteiger partial charge in [0.2, 0.25) is 5.91 Å². The zero-order valence-corrected chi connectivity index (χ0v) is 14.9. The van der Waals surface area contributed by atoms with Gasteiger partial charge in [-0.3, -0.25) is 4.79 Å². The molecule has 0 aliphatic carbocycles. The number of aromatic nitrogens is 2. The summed E-state index contributed by atoms with van der Waals surface area (Å²) in [5, 5.41) is 6.11. The minimum atomic E-state index is 0.0585. The van der Waals surface area contributed by atoms with Gasteiger partial charge < -0.3 is 9.88 Å². The molecule has 2 heterocycles. The lowest BCUT2D eigenvalue weighted by atomic mass is 10.0. The zero-order chi connectivity index (χ0) is 15.9. The van der Waals surface area contributed by atoms with E-state index in [4.69, 9.17) is 0 Å². The molecule has 22 heavy (non-hydrogen) atoms. The van der Waals surface area contributed by atoms with E-state index in [1.54, 1.807) is 17.5 Å². The Kier molecular flexibility index (Phi) is 6.51. The molecular formula is C16H23N3OS2. The number of thiophene rings is 1. The van der Waals surface area contributed by atoms with E-state index >= 15 is 0 Å². The van der Waals surface area contributed by atoms with Crippen LogP contribution >= 0.6 is 23.1 Å². The van der Waals surface area contributed by atoms with Gasteiger partial charge in [0.15, 0.2) is 5.16 Å².